The highest BCUT2D eigenvalue weighted by Crippen LogP contribution is 2.34. The summed E-state index contributed by atoms with van der Waals surface area (Å²) in [6, 6.07) is 12.0. The minimum Gasteiger partial charge on any atom is -0.508 e. The average molecular weight is 580 g/mol. The number of likely N-dealkylation sites (tertiary alicyclic amines) is 1. The summed E-state index contributed by atoms with van der Waals surface area (Å²) in [6.07, 6.45) is 6.17. The molecule has 4 aromatic rings. The lowest BCUT2D eigenvalue weighted by Gasteiger charge is -2.39. The van der Waals surface area contributed by atoms with Crippen LogP contribution in [0.5, 0.6) is 11.8 Å². The Hall–Kier alpha value is -4.62. The van der Waals surface area contributed by atoms with Crippen molar-refractivity contribution in [1.29, 1.82) is 0 Å². The maximum Gasteiger partial charge on any atom is 0.319 e. The Morgan fingerprint density at radius 1 is 1.16 bits per heavy atom. The SMILES string of the molecule is [C-]#[N+]C[C@H]1CN(c2nc(OC[C@@H]3CCCN3C)nc3c(Cc4cc(O)cc5ccccc45)cn(C)c23)CCN1C(=O)C=C. The van der Waals surface area contributed by atoms with Crippen molar-refractivity contribution in [1.82, 2.24) is 24.3 Å². The molecule has 2 aliphatic rings. The van der Waals surface area contributed by atoms with Crippen molar-refractivity contribution >= 4 is 33.5 Å². The van der Waals surface area contributed by atoms with Crippen LogP contribution in [0.4, 0.5) is 5.82 Å². The molecule has 43 heavy (non-hydrogen) atoms. The number of hydrogen-bond donors (Lipinski definition) is 1. The first-order valence-corrected chi connectivity index (χ1v) is 14.8. The molecule has 2 aromatic carbocycles. The van der Waals surface area contributed by atoms with E-state index in [9.17, 15) is 9.90 Å². The number of aromatic nitrogens is 3. The quantitative estimate of drug-likeness (QED) is 0.249. The van der Waals surface area contributed by atoms with Gasteiger partial charge in [0.25, 0.3) is 0 Å². The van der Waals surface area contributed by atoms with Gasteiger partial charge in [0.2, 0.25) is 12.5 Å². The minimum absolute atomic E-state index is 0.162. The molecular weight excluding hydrogens is 542 g/mol. The zero-order chi connectivity index (χ0) is 30.1. The van der Waals surface area contributed by atoms with Crippen molar-refractivity contribution < 1.29 is 14.6 Å². The van der Waals surface area contributed by atoms with Gasteiger partial charge in [-0.15, -0.1) is 0 Å². The molecule has 0 unspecified atom stereocenters. The lowest BCUT2D eigenvalue weighted by molar-refractivity contribution is -0.128. The zero-order valence-electron chi connectivity index (χ0n) is 24.7. The monoisotopic (exact) mass is 579 g/mol. The summed E-state index contributed by atoms with van der Waals surface area (Å²) in [5, 5.41) is 12.6. The van der Waals surface area contributed by atoms with Crippen molar-refractivity contribution in [2.75, 3.05) is 51.3 Å². The molecule has 0 saturated carbocycles. The Labute approximate surface area is 251 Å². The van der Waals surface area contributed by atoms with Crippen molar-refractivity contribution in [3.63, 3.8) is 0 Å². The van der Waals surface area contributed by atoms with Crippen LogP contribution >= 0.6 is 0 Å². The summed E-state index contributed by atoms with van der Waals surface area (Å²) in [7, 11) is 4.11. The second kappa shape index (κ2) is 11.9. The number of aromatic hydroxyl groups is 1. The predicted molar refractivity (Wildman–Crippen MR) is 167 cm³/mol. The van der Waals surface area contributed by atoms with E-state index in [4.69, 9.17) is 21.3 Å². The van der Waals surface area contributed by atoms with Gasteiger partial charge < -0.3 is 34.0 Å². The van der Waals surface area contributed by atoms with Gasteiger partial charge in [-0.2, -0.15) is 9.97 Å². The lowest BCUT2D eigenvalue weighted by atomic mass is 9.99. The fraction of sp³-hybridized carbons (Fsp3) is 0.394. The largest absolute Gasteiger partial charge is 0.508 e. The van der Waals surface area contributed by atoms with Gasteiger partial charge in [0.15, 0.2) is 5.82 Å². The third-order valence-corrected chi connectivity index (χ3v) is 8.78. The van der Waals surface area contributed by atoms with Gasteiger partial charge in [-0.1, -0.05) is 30.8 Å². The first kappa shape index (κ1) is 28.5. The Morgan fingerprint density at radius 3 is 2.77 bits per heavy atom. The number of nitrogens with zero attached hydrogens (tertiary/aromatic N) is 7. The molecule has 10 nitrogen and oxygen atoms in total. The Balaban J connectivity index is 1.42. The number of carbonyl (C=O) groups excluding carboxylic acids is 1. The molecule has 0 aliphatic carbocycles. The van der Waals surface area contributed by atoms with Crippen molar-refractivity contribution in [2.45, 2.75) is 31.3 Å². The number of fused-ring (bicyclic) bond motifs is 2. The summed E-state index contributed by atoms with van der Waals surface area (Å²) < 4.78 is 8.34. The fourth-order valence-electron chi connectivity index (χ4n) is 6.55. The summed E-state index contributed by atoms with van der Waals surface area (Å²) >= 11 is 0. The third kappa shape index (κ3) is 5.60. The number of anilines is 1. The minimum atomic E-state index is -0.281. The highest BCUT2D eigenvalue weighted by atomic mass is 16.5. The van der Waals surface area contributed by atoms with Crippen molar-refractivity contribution in [3.05, 3.63) is 77.8 Å². The molecule has 0 spiro atoms. The molecule has 2 fully saturated rings. The third-order valence-electron chi connectivity index (χ3n) is 8.78. The molecular formula is C33H37N7O3. The van der Waals surface area contributed by atoms with Crippen LogP contribution in [0.3, 0.4) is 0 Å². The number of carbonyl (C=O) groups is 1. The molecule has 6 rings (SSSR count). The molecule has 1 N–H and O–H groups in total. The van der Waals surface area contributed by atoms with E-state index in [1.54, 1.807) is 11.0 Å². The number of amides is 1. The van der Waals surface area contributed by atoms with Crippen LogP contribution in [0.15, 0.2) is 55.3 Å². The maximum absolute atomic E-state index is 12.6. The summed E-state index contributed by atoms with van der Waals surface area (Å²) in [4.78, 5) is 32.3. The molecule has 2 saturated heterocycles. The van der Waals surface area contributed by atoms with E-state index < -0.39 is 0 Å². The smallest absolute Gasteiger partial charge is 0.319 e. The topological polar surface area (TPSA) is 91.3 Å². The Morgan fingerprint density at radius 2 is 2.00 bits per heavy atom. The summed E-state index contributed by atoms with van der Waals surface area (Å²) in [5.74, 6) is 0.798. The van der Waals surface area contributed by atoms with E-state index in [-0.39, 0.29) is 24.2 Å². The van der Waals surface area contributed by atoms with Gasteiger partial charge >= 0.3 is 6.01 Å². The van der Waals surface area contributed by atoms with Crippen LogP contribution in [-0.2, 0) is 18.3 Å². The van der Waals surface area contributed by atoms with Gasteiger partial charge in [0.1, 0.15) is 29.4 Å². The molecule has 0 bridgehead atoms. The van der Waals surface area contributed by atoms with Crippen LogP contribution in [0, 0.1) is 6.57 Å². The lowest BCUT2D eigenvalue weighted by Crippen LogP contribution is -2.56. The standard InChI is InChI=1S/C33H37N7O3/c1-5-29(42)40-14-13-39(20-26(40)18-34-2)32-31-30(35-33(36-32)43-21-25-10-8-12-37(25)3)24(19-38(31)4)15-23-17-27(41)16-22-9-6-7-11-28(22)23/h5-7,9,11,16-17,19,25-26,41H,1,8,10,12-15,18,20-21H2,3-4H3/t25-,26-/m0/s1. The summed E-state index contributed by atoms with van der Waals surface area (Å²) in [5.41, 5.74) is 3.67. The van der Waals surface area contributed by atoms with Crippen LogP contribution in [0.25, 0.3) is 26.7 Å². The fourth-order valence-corrected chi connectivity index (χ4v) is 6.55. The van der Waals surface area contributed by atoms with Crippen molar-refractivity contribution in [2.24, 2.45) is 7.05 Å². The first-order valence-electron chi connectivity index (χ1n) is 14.8. The number of phenols is 1. The van der Waals surface area contributed by atoms with Crippen LogP contribution in [-0.4, -0.2) is 93.8 Å². The molecule has 2 aliphatic heterocycles. The van der Waals surface area contributed by atoms with Gasteiger partial charge in [-0.25, -0.2) is 6.57 Å². The highest BCUT2D eigenvalue weighted by molar-refractivity contribution is 5.92. The molecule has 222 valence electrons. The number of phenolic OH excluding ortho intramolecular Hbond substituents is 1. The molecule has 2 atom stereocenters. The van der Waals surface area contributed by atoms with E-state index in [0.29, 0.717) is 44.7 Å². The molecule has 1 amide bonds. The van der Waals surface area contributed by atoms with E-state index >= 15 is 0 Å². The number of benzene rings is 2. The Kier molecular flexibility index (Phi) is 7.91. The van der Waals surface area contributed by atoms with Gasteiger partial charge in [-0.05, 0) is 61.0 Å². The van der Waals surface area contributed by atoms with Crippen LogP contribution in [0.2, 0.25) is 0 Å². The second-order valence-corrected chi connectivity index (χ2v) is 11.6. The Bertz CT molecular complexity index is 1730. The number of ether oxygens (including phenoxy) is 1. The van der Waals surface area contributed by atoms with Gasteiger partial charge in [-0.3, -0.25) is 4.79 Å². The van der Waals surface area contributed by atoms with E-state index in [1.165, 1.54) is 6.08 Å². The molecule has 4 heterocycles. The number of piperazine rings is 1. The van der Waals surface area contributed by atoms with E-state index in [1.807, 2.05) is 35.9 Å². The predicted octanol–water partition coefficient (Wildman–Crippen LogP) is 4.01. The van der Waals surface area contributed by atoms with E-state index in [2.05, 4.69) is 40.5 Å². The molecule has 10 heteroatoms. The van der Waals surface area contributed by atoms with Crippen LogP contribution < -0.4 is 9.64 Å². The van der Waals surface area contributed by atoms with E-state index in [0.717, 1.165) is 58.1 Å². The second-order valence-electron chi connectivity index (χ2n) is 11.6. The first-order chi connectivity index (χ1) is 20.9. The highest BCUT2D eigenvalue weighted by Gasteiger charge is 2.34. The maximum atomic E-state index is 12.6. The zero-order valence-corrected chi connectivity index (χ0v) is 24.7. The van der Waals surface area contributed by atoms with Crippen LogP contribution in [0.1, 0.15) is 24.0 Å². The normalized spacial score (nSPS) is 19.2. The molecule has 0 radical (unpaired) electrons. The number of hydrogen-bond acceptors (Lipinski definition) is 7. The van der Waals surface area contributed by atoms with Gasteiger partial charge in [0, 0.05) is 50.9 Å². The van der Waals surface area contributed by atoms with Crippen molar-refractivity contribution in [3.8, 4) is 11.8 Å². The number of likely N-dealkylation sites (N-methyl/N-ethyl adjacent to an activating group) is 1. The number of rotatable bonds is 8. The number of aryl methyl sites for hydroxylation is 1. The summed E-state index contributed by atoms with van der Waals surface area (Å²) in [6.45, 7) is 14.4. The van der Waals surface area contributed by atoms with Gasteiger partial charge in [0.05, 0.1) is 0 Å². The molecule has 2 aromatic heterocycles. The average Bonchev–Trinajstić information content (AvgIpc) is 3.56.